The van der Waals surface area contributed by atoms with Crippen molar-refractivity contribution < 1.29 is 9.59 Å². The van der Waals surface area contributed by atoms with E-state index in [1.54, 1.807) is 0 Å². The molecule has 2 aromatic rings. The Bertz CT molecular complexity index is 920. The molecule has 2 aliphatic rings. The van der Waals surface area contributed by atoms with Gasteiger partial charge in [0, 0.05) is 32.4 Å². The van der Waals surface area contributed by atoms with E-state index in [9.17, 15) is 9.59 Å². The summed E-state index contributed by atoms with van der Waals surface area (Å²) in [5.41, 5.74) is 3.85. The Labute approximate surface area is 177 Å². The van der Waals surface area contributed by atoms with Gasteiger partial charge in [-0.1, -0.05) is 42.5 Å². The molecule has 2 aliphatic heterocycles. The highest BCUT2D eigenvalue weighted by Crippen LogP contribution is 2.28. The molecule has 0 bridgehead atoms. The van der Waals surface area contributed by atoms with E-state index < -0.39 is 0 Å². The highest BCUT2D eigenvalue weighted by Gasteiger charge is 2.22. The van der Waals surface area contributed by atoms with Crippen LogP contribution in [0.3, 0.4) is 0 Å². The lowest BCUT2D eigenvalue weighted by atomic mass is 10.1. The second-order valence-corrected chi connectivity index (χ2v) is 7.79. The lowest BCUT2D eigenvalue weighted by molar-refractivity contribution is -0.132. The van der Waals surface area contributed by atoms with Gasteiger partial charge in [0.15, 0.2) is 0 Å². The molecule has 0 saturated carbocycles. The maximum absolute atomic E-state index is 12.5. The Hall–Kier alpha value is -3.15. The minimum absolute atomic E-state index is 0.111. The quantitative estimate of drug-likeness (QED) is 0.790. The Kier molecular flexibility index (Phi) is 6.42. The van der Waals surface area contributed by atoms with Gasteiger partial charge < -0.3 is 10.2 Å². The van der Waals surface area contributed by atoms with Crippen LogP contribution in [0.5, 0.6) is 0 Å². The maximum Gasteiger partial charge on any atom is 0.243 e. The molecular formula is C24H28N4O2. The Morgan fingerprint density at radius 2 is 1.60 bits per heavy atom. The van der Waals surface area contributed by atoms with Crippen LogP contribution in [-0.4, -0.2) is 42.2 Å². The number of carbonyl (C=O) groups excluding carboxylic acids is 2. The van der Waals surface area contributed by atoms with Crippen LogP contribution >= 0.6 is 0 Å². The van der Waals surface area contributed by atoms with Gasteiger partial charge in [0.2, 0.25) is 11.8 Å². The van der Waals surface area contributed by atoms with Crippen molar-refractivity contribution >= 4 is 28.9 Å². The van der Waals surface area contributed by atoms with Crippen molar-refractivity contribution in [2.24, 2.45) is 5.10 Å². The number of hydrazone groups is 1. The van der Waals surface area contributed by atoms with Gasteiger partial charge in [0.25, 0.3) is 0 Å². The minimum atomic E-state index is -0.140. The number of hydrogen-bond donors (Lipinski definition) is 1. The molecule has 1 fully saturated rings. The van der Waals surface area contributed by atoms with Crippen molar-refractivity contribution in [1.29, 1.82) is 0 Å². The number of anilines is 2. The van der Waals surface area contributed by atoms with Gasteiger partial charge in [0.05, 0.1) is 23.6 Å². The summed E-state index contributed by atoms with van der Waals surface area (Å²) in [7, 11) is 0. The zero-order chi connectivity index (χ0) is 20.8. The number of rotatable bonds is 6. The second-order valence-electron chi connectivity index (χ2n) is 7.79. The summed E-state index contributed by atoms with van der Waals surface area (Å²) in [6.07, 6.45) is 4.67. The Morgan fingerprint density at radius 1 is 0.867 bits per heavy atom. The molecule has 1 N–H and O–H groups in total. The Balaban J connectivity index is 1.31. The largest absolute Gasteiger partial charge is 0.370 e. The smallest absolute Gasteiger partial charge is 0.243 e. The average Bonchev–Trinajstić information content (AvgIpc) is 3.30. The van der Waals surface area contributed by atoms with E-state index >= 15 is 0 Å². The molecule has 0 radical (unpaired) electrons. The van der Waals surface area contributed by atoms with E-state index in [2.05, 4.69) is 21.4 Å². The van der Waals surface area contributed by atoms with Crippen molar-refractivity contribution in [3.8, 4) is 0 Å². The predicted octanol–water partition coefficient (Wildman–Crippen LogP) is 4.03. The highest BCUT2D eigenvalue weighted by atomic mass is 16.2. The van der Waals surface area contributed by atoms with Crippen LogP contribution in [0.15, 0.2) is 59.7 Å². The van der Waals surface area contributed by atoms with Crippen LogP contribution in [0, 0.1) is 0 Å². The van der Waals surface area contributed by atoms with E-state index in [0.717, 1.165) is 42.2 Å². The fraction of sp³-hybridized carbons (Fsp3) is 0.375. The van der Waals surface area contributed by atoms with Crippen LogP contribution in [-0.2, 0) is 9.59 Å². The first kappa shape index (κ1) is 20.1. The molecule has 2 aromatic carbocycles. The highest BCUT2D eigenvalue weighted by molar-refractivity contribution is 6.03. The van der Waals surface area contributed by atoms with Gasteiger partial charge in [-0.15, -0.1) is 0 Å². The standard InChI is InChI=1S/C24H28N4O2/c29-23(25-21-11-5-6-12-22(21)27-16-7-2-8-17-27)13-14-24(30)28-18-15-20(26-28)19-9-3-1-4-10-19/h1,3-6,9-12H,2,7-8,13-18H2,(H,25,29). The topological polar surface area (TPSA) is 65.0 Å². The molecule has 1 saturated heterocycles. The van der Waals surface area contributed by atoms with Gasteiger partial charge in [-0.3, -0.25) is 9.59 Å². The van der Waals surface area contributed by atoms with E-state index in [1.807, 2.05) is 48.5 Å². The third-order valence-corrected chi connectivity index (χ3v) is 5.64. The number of carbonyl (C=O) groups is 2. The second kappa shape index (κ2) is 9.57. The van der Waals surface area contributed by atoms with Crippen LogP contribution in [0.1, 0.15) is 44.1 Å². The Morgan fingerprint density at radius 3 is 2.40 bits per heavy atom. The summed E-state index contributed by atoms with van der Waals surface area (Å²) in [6, 6.07) is 17.8. The molecule has 0 spiro atoms. The van der Waals surface area contributed by atoms with Gasteiger partial charge in [0.1, 0.15) is 0 Å². The van der Waals surface area contributed by atoms with Gasteiger partial charge >= 0.3 is 0 Å². The lowest BCUT2D eigenvalue weighted by Gasteiger charge is -2.30. The van der Waals surface area contributed by atoms with E-state index in [4.69, 9.17) is 0 Å². The molecule has 0 atom stereocenters. The number of para-hydroxylation sites is 2. The van der Waals surface area contributed by atoms with Crippen LogP contribution in [0.25, 0.3) is 0 Å². The first-order chi connectivity index (χ1) is 14.7. The number of nitrogens with one attached hydrogen (secondary N) is 1. The predicted molar refractivity (Wildman–Crippen MR) is 120 cm³/mol. The van der Waals surface area contributed by atoms with Crippen molar-refractivity contribution in [1.82, 2.24) is 5.01 Å². The fourth-order valence-electron chi connectivity index (χ4n) is 4.02. The summed E-state index contributed by atoms with van der Waals surface area (Å²) < 4.78 is 0. The van der Waals surface area contributed by atoms with Gasteiger partial charge in [-0.2, -0.15) is 5.10 Å². The SMILES string of the molecule is O=C(CCC(=O)N1CCC(c2ccccc2)=N1)Nc1ccccc1N1CCCCC1. The number of hydrogen-bond acceptors (Lipinski definition) is 4. The summed E-state index contributed by atoms with van der Waals surface area (Å²) >= 11 is 0. The molecule has 6 nitrogen and oxygen atoms in total. The van der Waals surface area contributed by atoms with E-state index in [1.165, 1.54) is 24.3 Å². The molecule has 0 unspecified atom stereocenters. The molecule has 2 heterocycles. The first-order valence-corrected chi connectivity index (χ1v) is 10.8. The molecule has 4 rings (SSSR count). The molecule has 156 valence electrons. The van der Waals surface area contributed by atoms with Gasteiger partial charge in [-0.05, 0) is 37.0 Å². The van der Waals surface area contributed by atoms with Crippen molar-refractivity contribution in [3.63, 3.8) is 0 Å². The van der Waals surface area contributed by atoms with Crippen molar-refractivity contribution in [2.45, 2.75) is 38.5 Å². The number of piperidine rings is 1. The number of amides is 2. The molecule has 2 amide bonds. The molecule has 0 aliphatic carbocycles. The maximum atomic E-state index is 12.5. The summed E-state index contributed by atoms with van der Waals surface area (Å²) in [4.78, 5) is 27.4. The first-order valence-electron chi connectivity index (χ1n) is 10.8. The van der Waals surface area contributed by atoms with Crippen LogP contribution in [0.4, 0.5) is 11.4 Å². The molecule has 30 heavy (non-hydrogen) atoms. The average molecular weight is 405 g/mol. The van der Waals surface area contributed by atoms with Crippen molar-refractivity contribution in [2.75, 3.05) is 29.9 Å². The number of nitrogens with zero attached hydrogens (tertiary/aromatic N) is 3. The van der Waals surface area contributed by atoms with Gasteiger partial charge in [-0.25, -0.2) is 5.01 Å². The molecular weight excluding hydrogens is 376 g/mol. The van der Waals surface area contributed by atoms with E-state index in [0.29, 0.717) is 6.54 Å². The zero-order valence-electron chi connectivity index (χ0n) is 17.2. The molecule has 6 heteroatoms. The minimum Gasteiger partial charge on any atom is -0.370 e. The third kappa shape index (κ3) is 4.87. The van der Waals surface area contributed by atoms with Crippen LogP contribution in [0.2, 0.25) is 0 Å². The fourth-order valence-corrected chi connectivity index (χ4v) is 4.02. The molecule has 0 aromatic heterocycles. The summed E-state index contributed by atoms with van der Waals surface area (Å²) in [5.74, 6) is -0.250. The van der Waals surface area contributed by atoms with Crippen molar-refractivity contribution in [3.05, 3.63) is 60.2 Å². The zero-order valence-corrected chi connectivity index (χ0v) is 17.2. The van der Waals surface area contributed by atoms with E-state index in [-0.39, 0.29) is 24.7 Å². The third-order valence-electron chi connectivity index (χ3n) is 5.64. The summed E-state index contributed by atoms with van der Waals surface area (Å²) in [5, 5.41) is 8.96. The summed E-state index contributed by atoms with van der Waals surface area (Å²) in [6.45, 7) is 2.60. The lowest BCUT2D eigenvalue weighted by Crippen LogP contribution is -2.30. The number of benzene rings is 2. The monoisotopic (exact) mass is 404 g/mol. The normalized spacial score (nSPS) is 16.3. The van der Waals surface area contributed by atoms with Crippen LogP contribution < -0.4 is 10.2 Å².